The summed E-state index contributed by atoms with van der Waals surface area (Å²) in [6, 6.07) is 5.63. The summed E-state index contributed by atoms with van der Waals surface area (Å²) in [6.07, 6.45) is 1.58. The van der Waals surface area contributed by atoms with Crippen molar-refractivity contribution in [2.75, 3.05) is 10.5 Å². The Morgan fingerprint density at radius 2 is 1.94 bits per heavy atom. The van der Waals surface area contributed by atoms with Crippen LogP contribution in [0.1, 0.15) is 30.9 Å². The Bertz CT molecular complexity index is 452. The summed E-state index contributed by atoms with van der Waals surface area (Å²) in [5.74, 6) is 0.191. The van der Waals surface area contributed by atoms with Crippen LogP contribution in [0, 0.1) is 13.8 Å². The lowest BCUT2D eigenvalue weighted by atomic mass is 10.1. The molecule has 0 fully saturated rings. The summed E-state index contributed by atoms with van der Waals surface area (Å²) in [4.78, 5) is 0. The molecule has 0 atom stereocenters. The summed E-state index contributed by atoms with van der Waals surface area (Å²) >= 11 is 0. The number of benzene rings is 1. The van der Waals surface area contributed by atoms with E-state index in [4.69, 9.17) is 0 Å². The van der Waals surface area contributed by atoms with Crippen LogP contribution in [0.5, 0.6) is 0 Å². The Hall–Kier alpha value is -1.03. The fourth-order valence-electron chi connectivity index (χ4n) is 1.41. The van der Waals surface area contributed by atoms with Gasteiger partial charge in [-0.25, -0.2) is 8.42 Å². The molecule has 0 aliphatic heterocycles. The monoisotopic (exact) mass is 241 g/mol. The molecule has 0 bridgehead atoms. The zero-order chi connectivity index (χ0) is 12.2. The highest BCUT2D eigenvalue weighted by Gasteiger charge is 2.11. The third-order valence-corrected chi connectivity index (χ3v) is 3.99. The van der Waals surface area contributed by atoms with Crippen molar-refractivity contribution in [2.24, 2.45) is 0 Å². The molecule has 1 N–H and O–H groups in total. The lowest BCUT2D eigenvalue weighted by Crippen LogP contribution is -2.17. The van der Waals surface area contributed by atoms with Gasteiger partial charge in [0.15, 0.2) is 0 Å². The fourth-order valence-corrected chi connectivity index (χ4v) is 2.74. The predicted molar refractivity (Wildman–Crippen MR) is 68.2 cm³/mol. The van der Waals surface area contributed by atoms with Crippen molar-refractivity contribution < 1.29 is 8.42 Å². The first kappa shape index (κ1) is 13.0. The van der Waals surface area contributed by atoms with Crippen molar-refractivity contribution in [3.63, 3.8) is 0 Å². The van der Waals surface area contributed by atoms with Crippen LogP contribution in [0.4, 0.5) is 5.69 Å². The van der Waals surface area contributed by atoms with Crippen molar-refractivity contribution >= 4 is 15.7 Å². The first-order valence-corrected chi connectivity index (χ1v) is 7.18. The first-order chi connectivity index (χ1) is 7.46. The molecule has 0 unspecified atom stereocenters. The van der Waals surface area contributed by atoms with Gasteiger partial charge in [0.05, 0.1) is 11.4 Å². The smallest absolute Gasteiger partial charge is 0.232 e. The van der Waals surface area contributed by atoms with Crippen LogP contribution < -0.4 is 4.72 Å². The largest absolute Gasteiger partial charge is 0.283 e. The van der Waals surface area contributed by atoms with E-state index in [9.17, 15) is 8.42 Å². The number of sulfonamides is 1. The molecule has 0 aliphatic rings. The molecule has 1 rings (SSSR count). The Kier molecular flexibility index (Phi) is 4.35. The highest BCUT2D eigenvalue weighted by Crippen LogP contribution is 2.19. The maximum absolute atomic E-state index is 11.7. The molecule has 0 saturated carbocycles. The molecular weight excluding hydrogens is 222 g/mol. The lowest BCUT2D eigenvalue weighted by molar-refractivity contribution is 0.598. The topological polar surface area (TPSA) is 46.2 Å². The number of anilines is 1. The van der Waals surface area contributed by atoms with Crippen molar-refractivity contribution in [3.05, 3.63) is 29.3 Å². The third kappa shape index (κ3) is 3.52. The number of hydrogen-bond donors (Lipinski definition) is 1. The van der Waals surface area contributed by atoms with Gasteiger partial charge in [0.25, 0.3) is 0 Å². The van der Waals surface area contributed by atoms with Crippen LogP contribution in [-0.2, 0) is 10.0 Å². The molecule has 4 heteroatoms. The van der Waals surface area contributed by atoms with E-state index < -0.39 is 10.0 Å². The second-order valence-electron chi connectivity index (χ2n) is 4.02. The molecule has 0 aliphatic carbocycles. The van der Waals surface area contributed by atoms with Crippen molar-refractivity contribution in [3.8, 4) is 0 Å². The van der Waals surface area contributed by atoms with Crippen molar-refractivity contribution in [1.82, 2.24) is 0 Å². The van der Waals surface area contributed by atoms with E-state index in [0.29, 0.717) is 12.1 Å². The predicted octanol–water partition coefficient (Wildman–Crippen LogP) is 2.85. The van der Waals surface area contributed by atoms with Crippen molar-refractivity contribution in [1.29, 1.82) is 0 Å². The SMILES string of the molecule is CCCCS(=O)(=O)Nc1cccc(C)c1C. The molecular formula is C12H19NO2S. The molecule has 1 aromatic rings. The Morgan fingerprint density at radius 1 is 1.25 bits per heavy atom. The number of rotatable bonds is 5. The van der Waals surface area contributed by atoms with E-state index in [1.54, 1.807) is 6.07 Å². The van der Waals surface area contributed by atoms with E-state index in [-0.39, 0.29) is 5.75 Å². The Labute approximate surface area is 97.9 Å². The number of nitrogens with one attached hydrogen (secondary N) is 1. The summed E-state index contributed by atoms with van der Waals surface area (Å²) < 4.78 is 26.1. The van der Waals surface area contributed by atoms with Gasteiger partial charge in [-0.2, -0.15) is 0 Å². The molecule has 0 aromatic heterocycles. The van der Waals surface area contributed by atoms with Crippen LogP contribution in [-0.4, -0.2) is 14.2 Å². The maximum Gasteiger partial charge on any atom is 0.232 e. The highest BCUT2D eigenvalue weighted by atomic mass is 32.2. The minimum absolute atomic E-state index is 0.191. The second kappa shape index (κ2) is 5.34. The molecule has 0 amide bonds. The molecule has 90 valence electrons. The van der Waals surface area contributed by atoms with Crippen LogP contribution in [0.2, 0.25) is 0 Å². The lowest BCUT2D eigenvalue weighted by Gasteiger charge is -2.11. The molecule has 0 heterocycles. The summed E-state index contributed by atoms with van der Waals surface area (Å²) in [6.45, 7) is 5.87. The molecule has 3 nitrogen and oxygen atoms in total. The average molecular weight is 241 g/mol. The van der Waals surface area contributed by atoms with Crippen molar-refractivity contribution in [2.45, 2.75) is 33.6 Å². The fraction of sp³-hybridized carbons (Fsp3) is 0.500. The molecule has 0 radical (unpaired) electrons. The van der Waals surface area contributed by atoms with E-state index in [0.717, 1.165) is 17.5 Å². The summed E-state index contributed by atoms with van der Waals surface area (Å²) in [5, 5.41) is 0. The van der Waals surface area contributed by atoms with E-state index in [1.807, 2.05) is 32.9 Å². The molecule has 16 heavy (non-hydrogen) atoms. The Morgan fingerprint density at radius 3 is 2.56 bits per heavy atom. The standard InChI is InChI=1S/C12H19NO2S/c1-4-5-9-16(14,15)13-12-8-6-7-10(2)11(12)3/h6-8,13H,4-5,9H2,1-3H3. The first-order valence-electron chi connectivity index (χ1n) is 5.53. The maximum atomic E-state index is 11.7. The van der Waals surface area contributed by atoms with Gasteiger partial charge in [0.2, 0.25) is 10.0 Å². The number of unbranched alkanes of at least 4 members (excludes halogenated alkanes) is 1. The number of hydrogen-bond acceptors (Lipinski definition) is 2. The molecule has 0 saturated heterocycles. The van der Waals surface area contributed by atoms with Gasteiger partial charge in [-0.1, -0.05) is 25.5 Å². The van der Waals surface area contributed by atoms with Crippen LogP contribution in [0.3, 0.4) is 0 Å². The minimum Gasteiger partial charge on any atom is -0.283 e. The zero-order valence-corrected chi connectivity index (χ0v) is 10.9. The van der Waals surface area contributed by atoms with Gasteiger partial charge in [-0.15, -0.1) is 0 Å². The molecule has 0 spiro atoms. The van der Waals surface area contributed by atoms with E-state index >= 15 is 0 Å². The van der Waals surface area contributed by atoms with Gasteiger partial charge in [0.1, 0.15) is 0 Å². The van der Waals surface area contributed by atoms with Crippen LogP contribution in [0.15, 0.2) is 18.2 Å². The molecule has 1 aromatic carbocycles. The normalized spacial score (nSPS) is 11.4. The van der Waals surface area contributed by atoms with Crippen LogP contribution in [0.25, 0.3) is 0 Å². The van der Waals surface area contributed by atoms with E-state index in [2.05, 4.69) is 4.72 Å². The second-order valence-corrected chi connectivity index (χ2v) is 5.86. The van der Waals surface area contributed by atoms with Crippen LogP contribution >= 0.6 is 0 Å². The summed E-state index contributed by atoms with van der Waals surface area (Å²) in [5.41, 5.74) is 2.77. The highest BCUT2D eigenvalue weighted by molar-refractivity contribution is 7.92. The van der Waals surface area contributed by atoms with Gasteiger partial charge in [-0.05, 0) is 37.5 Å². The quantitative estimate of drug-likeness (QED) is 0.861. The minimum atomic E-state index is -3.19. The number of aryl methyl sites for hydroxylation is 1. The summed E-state index contributed by atoms with van der Waals surface area (Å²) in [7, 11) is -3.19. The average Bonchev–Trinajstić information content (AvgIpc) is 2.22. The Balaban J connectivity index is 2.84. The zero-order valence-electron chi connectivity index (χ0n) is 10.1. The van der Waals surface area contributed by atoms with Gasteiger partial charge in [0, 0.05) is 0 Å². The van der Waals surface area contributed by atoms with Gasteiger partial charge in [-0.3, -0.25) is 4.72 Å². The van der Waals surface area contributed by atoms with Gasteiger partial charge < -0.3 is 0 Å². The van der Waals surface area contributed by atoms with Gasteiger partial charge >= 0.3 is 0 Å². The van der Waals surface area contributed by atoms with E-state index in [1.165, 1.54) is 0 Å². The third-order valence-electron chi connectivity index (χ3n) is 2.64.